The van der Waals surface area contributed by atoms with Crippen LogP contribution >= 0.6 is 0 Å². The molecule has 37 heavy (non-hydrogen) atoms. The molecule has 0 aliphatic heterocycles. The lowest BCUT2D eigenvalue weighted by atomic mass is 9.91. The number of carbonyl (C=O) groups excluding carboxylic acids is 1. The maximum absolute atomic E-state index is 13.8. The summed E-state index contributed by atoms with van der Waals surface area (Å²) in [4.78, 5) is 13.9. The number of carbonyl (C=O) groups is 1. The minimum Gasteiger partial charge on any atom is -0.358 e. The molecule has 0 N–H and O–H groups in total. The Morgan fingerprint density at radius 3 is 2.19 bits per heavy atom. The number of nitrogens with zero attached hydrogens (tertiary/aromatic N) is 2. The molecular weight excluding hydrogens is 512 g/mol. The standard InChI is InChI=1S/C27H32N2O6S2/c1-7-8-16-29-27(35-37(33,34)21-12-10-9-11-13-21)23(17-28-29)26(30)22-14-15-24(36(6,31)32)25(20(22)5)19(4)18(2)3/h9-15,17H,7-8,16H2,1-6H3. The summed E-state index contributed by atoms with van der Waals surface area (Å²) in [6, 6.07) is 10.5. The van der Waals surface area contributed by atoms with Gasteiger partial charge in [-0.1, -0.05) is 37.1 Å². The van der Waals surface area contributed by atoms with Gasteiger partial charge in [0, 0.05) is 18.4 Å². The zero-order valence-corrected chi connectivity index (χ0v) is 23.5. The van der Waals surface area contributed by atoms with E-state index in [4.69, 9.17) is 4.18 Å². The predicted octanol–water partition coefficient (Wildman–Crippen LogP) is 5.21. The molecule has 8 nitrogen and oxygen atoms in total. The number of aryl methyl sites for hydroxylation is 1. The Balaban J connectivity index is 2.20. The maximum Gasteiger partial charge on any atom is 0.340 e. The minimum absolute atomic E-state index is 0.0217. The molecule has 1 heterocycles. The molecule has 0 radical (unpaired) electrons. The van der Waals surface area contributed by atoms with E-state index in [9.17, 15) is 21.6 Å². The van der Waals surface area contributed by atoms with Gasteiger partial charge < -0.3 is 4.18 Å². The molecule has 0 unspecified atom stereocenters. The van der Waals surface area contributed by atoms with E-state index in [0.29, 0.717) is 24.1 Å². The first-order valence-electron chi connectivity index (χ1n) is 11.9. The molecule has 0 aliphatic rings. The van der Waals surface area contributed by atoms with Crippen LogP contribution in [0, 0.1) is 6.92 Å². The zero-order chi connectivity index (χ0) is 27.5. The largest absolute Gasteiger partial charge is 0.358 e. The molecule has 0 atom stereocenters. The van der Waals surface area contributed by atoms with E-state index in [1.165, 1.54) is 35.1 Å². The molecule has 0 aliphatic carbocycles. The van der Waals surface area contributed by atoms with Crippen molar-refractivity contribution in [1.29, 1.82) is 0 Å². The highest BCUT2D eigenvalue weighted by Crippen LogP contribution is 2.34. The third kappa shape index (κ3) is 6.02. The summed E-state index contributed by atoms with van der Waals surface area (Å²) in [7, 11) is -7.81. The normalized spacial score (nSPS) is 11.8. The van der Waals surface area contributed by atoms with Gasteiger partial charge in [-0.25, -0.2) is 13.1 Å². The Kier molecular flexibility index (Phi) is 8.44. The van der Waals surface area contributed by atoms with Crippen molar-refractivity contribution < 1.29 is 25.8 Å². The molecule has 0 spiro atoms. The zero-order valence-electron chi connectivity index (χ0n) is 21.9. The van der Waals surface area contributed by atoms with Crippen molar-refractivity contribution in [3.8, 4) is 5.88 Å². The number of hydrogen-bond acceptors (Lipinski definition) is 7. The maximum atomic E-state index is 13.8. The Hall–Kier alpha value is -3.24. The second-order valence-corrected chi connectivity index (χ2v) is 12.7. The number of allylic oxidation sites excluding steroid dienone is 2. The first-order chi connectivity index (χ1) is 17.3. The van der Waals surface area contributed by atoms with Crippen LogP contribution in [0.25, 0.3) is 5.57 Å². The molecule has 0 bridgehead atoms. The number of unbranched alkanes of at least 4 members (excludes halogenated alkanes) is 1. The van der Waals surface area contributed by atoms with Gasteiger partial charge in [-0.15, -0.1) is 0 Å². The smallest absolute Gasteiger partial charge is 0.340 e. The van der Waals surface area contributed by atoms with Gasteiger partial charge in [-0.3, -0.25) is 4.79 Å². The molecule has 2 aromatic carbocycles. The molecule has 198 valence electrons. The highest BCUT2D eigenvalue weighted by molar-refractivity contribution is 7.90. The van der Waals surface area contributed by atoms with Crippen LogP contribution in [-0.2, 0) is 26.5 Å². The van der Waals surface area contributed by atoms with Gasteiger partial charge >= 0.3 is 10.1 Å². The van der Waals surface area contributed by atoms with Crippen LogP contribution in [0.5, 0.6) is 5.88 Å². The second kappa shape index (κ2) is 11.0. The van der Waals surface area contributed by atoms with E-state index < -0.39 is 25.7 Å². The summed E-state index contributed by atoms with van der Waals surface area (Å²) in [5, 5.41) is 4.25. The van der Waals surface area contributed by atoms with E-state index in [1.54, 1.807) is 25.1 Å². The van der Waals surface area contributed by atoms with Gasteiger partial charge in [-0.2, -0.15) is 13.5 Å². The molecule has 3 aromatic rings. The van der Waals surface area contributed by atoms with Crippen LogP contribution in [0.2, 0.25) is 0 Å². The van der Waals surface area contributed by atoms with Crippen LogP contribution in [0.15, 0.2) is 64.0 Å². The van der Waals surface area contributed by atoms with Crippen LogP contribution in [0.1, 0.15) is 67.6 Å². The van der Waals surface area contributed by atoms with Crippen LogP contribution < -0.4 is 4.18 Å². The van der Waals surface area contributed by atoms with E-state index >= 15 is 0 Å². The van der Waals surface area contributed by atoms with E-state index in [2.05, 4.69) is 5.10 Å². The monoisotopic (exact) mass is 544 g/mol. The fourth-order valence-corrected chi connectivity index (χ4v) is 5.89. The van der Waals surface area contributed by atoms with Crippen LogP contribution in [0.4, 0.5) is 0 Å². The molecule has 0 saturated heterocycles. The summed E-state index contributed by atoms with van der Waals surface area (Å²) < 4.78 is 58.0. The van der Waals surface area contributed by atoms with Crippen LogP contribution in [0.3, 0.4) is 0 Å². The lowest BCUT2D eigenvalue weighted by Gasteiger charge is -2.17. The predicted molar refractivity (Wildman–Crippen MR) is 143 cm³/mol. The Morgan fingerprint density at radius 2 is 1.62 bits per heavy atom. The van der Waals surface area contributed by atoms with Gasteiger partial charge in [0.2, 0.25) is 5.88 Å². The van der Waals surface area contributed by atoms with Gasteiger partial charge in [-0.05, 0) is 75.1 Å². The molecule has 10 heteroatoms. The van der Waals surface area contributed by atoms with E-state index in [0.717, 1.165) is 23.8 Å². The average molecular weight is 545 g/mol. The Labute approximate surface area is 219 Å². The van der Waals surface area contributed by atoms with Gasteiger partial charge in [0.15, 0.2) is 15.6 Å². The first-order valence-corrected chi connectivity index (χ1v) is 15.2. The summed E-state index contributed by atoms with van der Waals surface area (Å²) in [6.07, 6.45) is 3.95. The fourth-order valence-electron chi connectivity index (χ4n) is 3.93. The van der Waals surface area contributed by atoms with Gasteiger partial charge in [0.25, 0.3) is 0 Å². The lowest BCUT2D eigenvalue weighted by Crippen LogP contribution is -2.16. The topological polar surface area (TPSA) is 112 Å². The molecule has 1 aromatic heterocycles. The quantitative estimate of drug-likeness (QED) is 0.254. The van der Waals surface area contributed by atoms with Crippen molar-refractivity contribution in [3.05, 3.63) is 76.5 Å². The van der Waals surface area contributed by atoms with Gasteiger partial charge in [0.1, 0.15) is 10.5 Å². The van der Waals surface area contributed by atoms with Crippen molar-refractivity contribution in [1.82, 2.24) is 9.78 Å². The molecular formula is C27H32N2O6S2. The van der Waals surface area contributed by atoms with E-state index in [-0.39, 0.29) is 26.8 Å². The van der Waals surface area contributed by atoms with Crippen molar-refractivity contribution in [2.75, 3.05) is 6.26 Å². The minimum atomic E-state index is -4.24. The number of hydrogen-bond donors (Lipinski definition) is 0. The third-order valence-electron chi connectivity index (χ3n) is 6.18. The lowest BCUT2D eigenvalue weighted by molar-refractivity contribution is 0.103. The van der Waals surface area contributed by atoms with Crippen molar-refractivity contribution in [2.24, 2.45) is 0 Å². The first kappa shape index (κ1) is 28.3. The van der Waals surface area contributed by atoms with E-state index in [1.807, 2.05) is 27.7 Å². The summed E-state index contributed by atoms with van der Waals surface area (Å²) in [5.74, 6) is -0.684. The number of ketones is 1. The fraction of sp³-hybridized carbons (Fsp3) is 0.333. The number of benzene rings is 2. The summed E-state index contributed by atoms with van der Waals surface area (Å²) >= 11 is 0. The molecule has 0 fully saturated rings. The SMILES string of the molecule is CCCCn1ncc(C(=O)c2ccc(S(C)(=O)=O)c(C(C)=C(C)C)c2C)c1OS(=O)(=O)c1ccccc1. The highest BCUT2D eigenvalue weighted by Gasteiger charge is 2.29. The van der Waals surface area contributed by atoms with Crippen molar-refractivity contribution in [3.63, 3.8) is 0 Å². The summed E-state index contributed by atoms with van der Waals surface area (Å²) in [6.45, 7) is 9.58. The highest BCUT2D eigenvalue weighted by atomic mass is 32.2. The average Bonchev–Trinajstić information content (AvgIpc) is 3.23. The van der Waals surface area contributed by atoms with Crippen molar-refractivity contribution in [2.45, 2.75) is 63.8 Å². The van der Waals surface area contributed by atoms with Gasteiger partial charge in [0.05, 0.1) is 11.1 Å². The van der Waals surface area contributed by atoms with Crippen LogP contribution in [-0.4, -0.2) is 38.7 Å². The molecule has 0 saturated carbocycles. The molecule has 3 rings (SSSR count). The van der Waals surface area contributed by atoms with Crippen molar-refractivity contribution >= 4 is 31.3 Å². The number of sulfone groups is 1. The Bertz CT molecular complexity index is 1560. The number of rotatable bonds is 10. The molecule has 0 amide bonds. The third-order valence-corrected chi connectivity index (χ3v) is 8.54. The number of aromatic nitrogens is 2. The second-order valence-electron chi connectivity index (χ2n) is 9.13. The Morgan fingerprint density at radius 1 is 0.973 bits per heavy atom. The summed E-state index contributed by atoms with van der Waals surface area (Å²) in [5.41, 5.74) is 2.81.